The molecule has 0 bridgehead atoms. The summed E-state index contributed by atoms with van der Waals surface area (Å²) in [4.78, 5) is 16.8. The zero-order valence-electron chi connectivity index (χ0n) is 16.4. The number of nitrogens with zero attached hydrogens (tertiary/aromatic N) is 3. The predicted molar refractivity (Wildman–Crippen MR) is 104 cm³/mol. The van der Waals surface area contributed by atoms with Crippen molar-refractivity contribution in [2.75, 3.05) is 26.0 Å². The van der Waals surface area contributed by atoms with Crippen LogP contribution in [0.5, 0.6) is 5.75 Å². The molecule has 0 radical (unpaired) electrons. The van der Waals surface area contributed by atoms with Crippen molar-refractivity contribution in [1.82, 2.24) is 19.8 Å². The second-order valence-electron chi connectivity index (χ2n) is 7.86. The van der Waals surface area contributed by atoms with Gasteiger partial charge in [-0.3, -0.25) is 4.79 Å². The zero-order chi connectivity index (χ0) is 20.6. The lowest BCUT2D eigenvalue weighted by Crippen LogP contribution is -2.40. The van der Waals surface area contributed by atoms with Crippen LogP contribution in [0.3, 0.4) is 0 Å². The van der Waals surface area contributed by atoms with Crippen LogP contribution in [0.2, 0.25) is 0 Å². The molecule has 29 heavy (non-hydrogen) atoms. The first-order chi connectivity index (χ1) is 13.8. The Bertz CT molecular complexity index is 993. The number of ether oxygens (including phenoxy) is 1. The molecule has 2 aromatic rings. The number of hydrogen-bond donors (Lipinski definition) is 1. The van der Waals surface area contributed by atoms with E-state index in [1.54, 1.807) is 19.1 Å². The zero-order valence-corrected chi connectivity index (χ0v) is 17.2. The van der Waals surface area contributed by atoms with Crippen LogP contribution < -0.4 is 10.1 Å². The van der Waals surface area contributed by atoms with Gasteiger partial charge in [0.1, 0.15) is 5.75 Å². The summed E-state index contributed by atoms with van der Waals surface area (Å²) in [6, 6.07) is 9.04. The molecule has 1 N–H and O–H groups in total. The highest BCUT2D eigenvalue weighted by atomic mass is 32.2. The fourth-order valence-corrected chi connectivity index (χ4v) is 5.37. The standard InChI is InChI=1S/C19H24N4O5S/c1-13-20-18(28-22-13)19-9-15(8-14(19)10-23(12-19)29(2,25)26)21-17(24)11-27-16-6-4-3-5-7-16/h3-7,14-15H,8-12H2,1-2H3,(H,21,24)/t14-,15+,19-/m0/s1. The Morgan fingerprint density at radius 1 is 1.38 bits per heavy atom. The Labute approximate surface area is 169 Å². The van der Waals surface area contributed by atoms with Gasteiger partial charge in [0, 0.05) is 19.1 Å². The molecule has 1 aliphatic heterocycles. The number of aromatic nitrogens is 2. The van der Waals surface area contributed by atoms with Crippen molar-refractivity contribution in [1.29, 1.82) is 0 Å². The van der Waals surface area contributed by atoms with Crippen molar-refractivity contribution in [2.24, 2.45) is 5.92 Å². The second kappa shape index (κ2) is 7.42. The SMILES string of the molecule is Cc1noc([C@]23C[C@H](NC(=O)COc4ccccc4)C[C@H]2CN(S(C)(=O)=O)C3)n1. The predicted octanol–water partition coefficient (Wildman–Crippen LogP) is 0.865. The smallest absolute Gasteiger partial charge is 0.258 e. The number of aryl methyl sites for hydroxylation is 1. The molecule has 1 aromatic heterocycles. The number of carbonyl (C=O) groups excluding carboxylic acids is 1. The van der Waals surface area contributed by atoms with E-state index in [1.165, 1.54) is 10.6 Å². The van der Waals surface area contributed by atoms with Gasteiger partial charge >= 0.3 is 0 Å². The first-order valence-electron chi connectivity index (χ1n) is 9.49. The molecule has 2 heterocycles. The Hall–Kier alpha value is -2.46. The summed E-state index contributed by atoms with van der Waals surface area (Å²) in [5.41, 5.74) is -0.581. The summed E-state index contributed by atoms with van der Waals surface area (Å²) in [7, 11) is -3.33. The van der Waals surface area contributed by atoms with Crippen LogP contribution in [0.4, 0.5) is 0 Å². The van der Waals surface area contributed by atoms with E-state index in [0.29, 0.717) is 36.9 Å². The molecule has 2 fully saturated rings. The lowest BCUT2D eigenvalue weighted by molar-refractivity contribution is -0.123. The summed E-state index contributed by atoms with van der Waals surface area (Å²) in [5, 5.41) is 6.90. The van der Waals surface area contributed by atoms with Gasteiger partial charge in [-0.25, -0.2) is 12.7 Å². The minimum atomic E-state index is -3.33. The van der Waals surface area contributed by atoms with Gasteiger partial charge in [0.2, 0.25) is 15.9 Å². The van der Waals surface area contributed by atoms with E-state index < -0.39 is 15.4 Å². The van der Waals surface area contributed by atoms with Crippen LogP contribution in [0.25, 0.3) is 0 Å². The number of rotatable bonds is 6. The Morgan fingerprint density at radius 2 is 2.14 bits per heavy atom. The van der Waals surface area contributed by atoms with E-state index >= 15 is 0 Å². The minimum Gasteiger partial charge on any atom is -0.484 e. The maximum atomic E-state index is 12.4. The monoisotopic (exact) mass is 420 g/mol. The summed E-state index contributed by atoms with van der Waals surface area (Å²) >= 11 is 0. The summed E-state index contributed by atoms with van der Waals surface area (Å²) in [6.07, 6.45) is 2.40. The first-order valence-corrected chi connectivity index (χ1v) is 11.3. The van der Waals surface area contributed by atoms with Crippen LogP contribution >= 0.6 is 0 Å². The van der Waals surface area contributed by atoms with Gasteiger partial charge in [-0.15, -0.1) is 0 Å². The third-order valence-corrected chi connectivity index (χ3v) is 6.96. The van der Waals surface area contributed by atoms with Crippen LogP contribution in [-0.4, -0.2) is 60.8 Å². The highest BCUT2D eigenvalue weighted by Crippen LogP contribution is 2.50. The van der Waals surface area contributed by atoms with Crippen molar-refractivity contribution in [3.63, 3.8) is 0 Å². The molecule has 0 spiro atoms. The van der Waals surface area contributed by atoms with Crippen molar-refractivity contribution >= 4 is 15.9 Å². The number of fused-ring (bicyclic) bond motifs is 1. The highest BCUT2D eigenvalue weighted by molar-refractivity contribution is 7.88. The maximum Gasteiger partial charge on any atom is 0.258 e. The van der Waals surface area contributed by atoms with Gasteiger partial charge in [0.15, 0.2) is 12.4 Å². The van der Waals surface area contributed by atoms with Gasteiger partial charge < -0.3 is 14.6 Å². The number of carbonyl (C=O) groups is 1. The van der Waals surface area contributed by atoms with E-state index in [2.05, 4.69) is 15.5 Å². The molecule has 3 atom stereocenters. The quantitative estimate of drug-likeness (QED) is 0.737. The number of para-hydroxylation sites is 1. The lowest BCUT2D eigenvalue weighted by atomic mass is 9.80. The summed E-state index contributed by atoms with van der Waals surface area (Å²) in [6.45, 7) is 2.32. The molecule has 2 aliphatic rings. The second-order valence-corrected chi connectivity index (χ2v) is 9.84. The number of benzene rings is 1. The highest BCUT2D eigenvalue weighted by Gasteiger charge is 2.58. The minimum absolute atomic E-state index is 0.00239. The van der Waals surface area contributed by atoms with Gasteiger partial charge in [0.25, 0.3) is 5.91 Å². The van der Waals surface area contributed by atoms with Gasteiger partial charge in [-0.1, -0.05) is 23.4 Å². The largest absolute Gasteiger partial charge is 0.484 e. The molecule has 4 rings (SSSR count). The van der Waals surface area contributed by atoms with Crippen LogP contribution in [0.1, 0.15) is 24.6 Å². The molecule has 156 valence electrons. The van der Waals surface area contributed by atoms with Crippen LogP contribution in [0, 0.1) is 12.8 Å². The average molecular weight is 420 g/mol. The van der Waals surface area contributed by atoms with Crippen LogP contribution in [0.15, 0.2) is 34.9 Å². The van der Waals surface area contributed by atoms with Gasteiger partial charge in [-0.2, -0.15) is 4.98 Å². The van der Waals surface area contributed by atoms with Crippen molar-refractivity contribution in [3.8, 4) is 5.75 Å². The maximum absolute atomic E-state index is 12.4. The number of nitrogens with one attached hydrogen (secondary N) is 1. The van der Waals surface area contributed by atoms with Crippen molar-refractivity contribution in [3.05, 3.63) is 42.0 Å². The molecule has 10 heteroatoms. The van der Waals surface area contributed by atoms with E-state index in [4.69, 9.17) is 9.26 Å². The van der Waals surface area contributed by atoms with Gasteiger partial charge in [-0.05, 0) is 37.8 Å². The van der Waals surface area contributed by atoms with E-state index in [-0.39, 0.29) is 31.0 Å². The molecule has 1 aromatic carbocycles. The third-order valence-electron chi connectivity index (χ3n) is 5.74. The molecule has 1 aliphatic carbocycles. The summed E-state index contributed by atoms with van der Waals surface area (Å²) in [5.74, 6) is 1.37. The fourth-order valence-electron chi connectivity index (χ4n) is 4.45. The van der Waals surface area contributed by atoms with Gasteiger partial charge in [0.05, 0.1) is 11.7 Å². The number of sulfonamides is 1. The van der Waals surface area contributed by atoms with Crippen molar-refractivity contribution in [2.45, 2.75) is 31.2 Å². The molecule has 9 nitrogen and oxygen atoms in total. The van der Waals surface area contributed by atoms with E-state index in [0.717, 1.165) is 0 Å². The van der Waals surface area contributed by atoms with E-state index in [9.17, 15) is 13.2 Å². The van der Waals surface area contributed by atoms with Crippen LogP contribution in [-0.2, 0) is 20.2 Å². The normalized spacial score (nSPS) is 27.0. The van der Waals surface area contributed by atoms with Crippen molar-refractivity contribution < 1.29 is 22.5 Å². The molecule has 1 amide bonds. The number of hydrogen-bond acceptors (Lipinski definition) is 7. The first kappa shape index (κ1) is 19.8. The molecule has 0 unspecified atom stereocenters. The molecule has 1 saturated heterocycles. The van der Waals surface area contributed by atoms with E-state index in [1.807, 2.05) is 18.2 Å². The Balaban J connectivity index is 1.45. The number of amides is 1. The Kier molecular flexibility index (Phi) is 5.07. The Morgan fingerprint density at radius 3 is 2.79 bits per heavy atom. The lowest BCUT2D eigenvalue weighted by Gasteiger charge is -2.24. The molecular formula is C19H24N4O5S. The third kappa shape index (κ3) is 3.99. The topological polar surface area (TPSA) is 115 Å². The fraction of sp³-hybridized carbons (Fsp3) is 0.526. The molecule has 1 saturated carbocycles. The summed E-state index contributed by atoms with van der Waals surface area (Å²) < 4.78 is 36.6. The average Bonchev–Trinajstić information content (AvgIpc) is 3.33. The molecular weight excluding hydrogens is 396 g/mol.